The average Bonchev–Trinajstić information content (AvgIpc) is 2.01. The van der Waals surface area contributed by atoms with Crippen molar-refractivity contribution in [3.05, 3.63) is 25.3 Å². The van der Waals surface area contributed by atoms with Crippen LogP contribution in [0.5, 0.6) is 0 Å². The fraction of sp³-hybridized carbons (Fsp3) is 0.556. The Kier molecular flexibility index (Phi) is 8.41. The molecule has 2 heteroatoms. The van der Waals surface area contributed by atoms with Gasteiger partial charge in [0.2, 0.25) is 0 Å². The van der Waals surface area contributed by atoms with E-state index in [1.165, 1.54) is 5.75 Å². The first-order valence-electron chi connectivity index (χ1n) is 3.72. The Balaban J connectivity index is 3.14. The van der Waals surface area contributed by atoms with Crippen LogP contribution in [0.2, 0.25) is 0 Å². The lowest BCUT2D eigenvalue weighted by Crippen LogP contribution is -2.00. The molecule has 0 radical (unpaired) electrons. The van der Waals surface area contributed by atoms with Crippen LogP contribution < -0.4 is 0 Å². The second-order valence-electron chi connectivity index (χ2n) is 2.26. The molecule has 1 unspecified atom stereocenters. The molecule has 0 aromatic rings. The van der Waals surface area contributed by atoms with Gasteiger partial charge in [0.1, 0.15) is 0 Å². The highest BCUT2D eigenvalue weighted by molar-refractivity contribution is 8.03. The van der Waals surface area contributed by atoms with Gasteiger partial charge >= 0.3 is 0 Å². The third-order valence-corrected chi connectivity index (χ3v) is 3.67. The van der Waals surface area contributed by atoms with Crippen LogP contribution >= 0.6 is 23.5 Å². The molecule has 0 bridgehead atoms. The minimum Gasteiger partial charge on any atom is -0.157 e. The normalized spacial score (nSPS) is 12.5. The molecular weight excluding hydrogens is 172 g/mol. The first-order valence-corrected chi connectivity index (χ1v) is 5.92. The number of hydrogen-bond donors (Lipinski definition) is 0. The van der Waals surface area contributed by atoms with Crippen molar-refractivity contribution in [2.24, 2.45) is 0 Å². The maximum Gasteiger partial charge on any atom is 0.0113 e. The van der Waals surface area contributed by atoms with Crippen molar-refractivity contribution in [2.45, 2.75) is 12.2 Å². The Bertz CT molecular complexity index is 110. The average molecular weight is 188 g/mol. The van der Waals surface area contributed by atoms with Crippen molar-refractivity contribution in [1.82, 2.24) is 0 Å². The number of rotatable bonds is 7. The summed E-state index contributed by atoms with van der Waals surface area (Å²) in [5.41, 5.74) is 0. The monoisotopic (exact) mass is 188 g/mol. The van der Waals surface area contributed by atoms with Crippen LogP contribution in [0.1, 0.15) is 6.92 Å². The molecule has 0 rings (SSSR count). The van der Waals surface area contributed by atoms with E-state index in [1.807, 2.05) is 35.7 Å². The van der Waals surface area contributed by atoms with Gasteiger partial charge in [-0.2, -0.15) is 23.5 Å². The van der Waals surface area contributed by atoms with E-state index in [2.05, 4.69) is 20.1 Å². The summed E-state index contributed by atoms with van der Waals surface area (Å²) in [5.74, 6) is 3.35. The number of thioether (sulfide) groups is 2. The molecule has 0 nitrogen and oxygen atoms in total. The lowest BCUT2D eigenvalue weighted by atomic mass is 10.6. The van der Waals surface area contributed by atoms with Gasteiger partial charge < -0.3 is 0 Å². The molecule has 0 aliphatic carbocycles. The van der Waals surface area contributed by atoms with E-state index < -0.39 is 0 Å². The molecule has 0 aliphatic rings. The lowest BCUT2D eigenvalue weighted by molar-refractivity contribution is 1.13. The summed E-state index contributed by atoms with van der Waals surface area (Å²) >= 11 is 3.89. The highest BCUT2D eigenvalue weighted by Crippen LogP contribution is 2.15. The number of hydrogen-bond acceptors (Lipinski definition) is 2. The lowest BCUT2D eigenvalue weighted by Gasteiger charge is -2.07. The maximum atomic E-state index is 3.69. The summed E-state index contributed by atoms with van der Waals surface area (Å²) < 4.78 is 0. The van der Waals surface area contributed by atoms with Crippen molar-refractivity contribution >= 4 is 23.5 Å². The van der Waals surface area contributed by atoms with E-state index in [-0.39, 0.29) is 0 Å². The molecule has 64 valence electrons. The minimum atomic E-state index is 0.734. The van der Waals surface area contributed by atoms with Gasteiger partial charge in [0, 0.05) is 22.5 Å². The van der Waals surface area contributed by atoms with E-state index in [9.17, 15) is 0 Å². The van der Waals surface area contributed by atoms with Crippen molar-refractivity contribution in [3.8, 4) is 0 Å². The fourth-order valence-corrected chi connectivity index (χ4v) is 2.37. The Morgan fingerprint density at radius 2 is 1.91 bits per heavy atom. The standard InChI is InChI=1S/C9H16S2/c1-4-6-10-8-9(3)11-7-5-2/h4-5,9H,1-2,6-8H2,3H3. The SMILES string of the molecule is C=CCSCC(C)SCC=C. The summed E-state index contributed by atoms with van der Waals surface area (Å²) in [6, 6.07) is 0. The predicted octanol–water partition coefficient (Wildman–Crippen LogP) is 3.21. The molecule has 0 aromatic carbocycles. The van der Waals surface area contributed by atoms with Gasteiger partial charge in [0.05, 0.1) is 0 Å². The topological polar surface area (TPSA) is 0 Å². The molecule has 0 aliphatic heterocycles. The molecule has 11 heavy (non-hydrogen) atoms. The zero-order chi connectivity index (χ0) is 8.53. The van der Waals surface area contributed by atoms with E-state index in [0.29, 0.717) is 0 Å². The van der Waals surface area contributed by atoms with Crippen molar-refractivity contribution in [3.63, 3.8) is 0 Å². The molecular formula is C9H16S2. The van der Waals surface area contributed by atoms with Crippen LogP contribution in [0.4, 0.5) is 0 Å². The fourth-order valence-electron chi connectivity index (χ4n) is 0.598. The maximum absolute atomic E-state index is 3.69. The second-order valence-corrected chi connectivity index (χ2v) is 4.81. The molecule has 0 saturated heterocycles. The van der Waals surface area contributed by atoms with Crippen molar-refractivity contribution in [1.29, 1.82) is 0 Å². The summed E-state index contributed by atoms with van der Waals surface area (Å²) in [7, 11) is 0. The van der Waals surface area contributed by atoms with Gasteiger partial charge in [-0.05, 0) is 0 Å². The first-order chi connectivity index (χ1) is 5.31. The van der Waals surface area contributed by atoms with E-state index in [1.54, 1.807) is 0 Å². The third kappa shape index (κ3) is 8.08. The van der Waals surface area contributed by atoms with Gasteiger partial charge in [-0.25, -0.2) is 0 Å². The summed E-state index contributed by atoms with van der Waals surface area (Å²) in [6.45, 7) is 9.62. The highest BCUT2D eigenvalue weighted by Gasteiger charge is 1.99. The molecule has 0 N–H and O–H groups in total. The van der Waals surface area contributed by atoms with Crippen LogP contribution in [-0.2, 0) is 0 Å². The quantitative estimate of drug-likeness (QED) is 0.444. The zero-order valence-corrected chi connectivity index (χ0v) is 8.72. The van der Waals surface area contributed by atoms with Gasteiger partial charge in [0.25, 0.3) is 0 Å². The van der Waals surface area contributed by atoms with Crippen LogP contribution in [0.25, 0.3) is 0 Å². The van der Waals surface area contributed by atoms with Crippen LogP contribution in [0.3, 0.4) is 0 Å². The van der Waals surface area contributed by atoms with Crippen LogP contribution in [0.15, 0.2) is 25.3 Å². The molecule has 1 atom stereocenters. The summed E-state index contributed by atoms with van der Waals surface area (Å²) in [5, 5.41) is 0.734. The zero-order valence-electron chi connectivity index (χ0n) is 7.08. The molecule has 0 amide bonds. The van der Waals surface area contributed by atoms with Crippen molar-refractivity contribution in [2.75, 3.05) is 17.3 Å². The molecule has 0 aromatic heterocycles. The van der Waals surface area contributed by atoms with Gasteiger partial charge in [-0.3, -0.25) is 0 Å². The van der Waals surface area contributed by atoms with Gasteiger partial charge in [0.15, 0.2) is 0 Å². The minimum absolute atomic E-state index is 0.734. The summed E-state index contributed by atoms with van der Waals surface area (Å²) in [4.78, 5) is 0. The molecule has 0 saturated carbocycles. The third-order valence-electron chi connectivity index (χ3n) is 1.09. The van der Waals surface area contributed by atoms with Gasteiger partial charge in [-0.1, -0.05) is 19.1 Å². The predicted molar refractivity (Wildman–Crippen MR) is 59.6 cm³/mol. The Hall–Kier alpha value is 0.180. The van der Waals surface area contributed by atoms with Crippen LogP contribution in [0, 0.1) is 0 Å². The van der Waals surface area contributed by atoms with E-state index in [4.69, 9.17) is 0 Å². The highest BCUT2D eigenvalue weighted by atomic mass is 32.2. The Morgan fingerprint density at radius 3 is 2.45 bits per heavy atom. The Morgan fingerprint density at radius 1 is 1.27 bits per heavy atom. The van der Waals surface area contributed by atoms with Crippen molar-refractivity contribution < 1.29 is 0 Å². The first kappa shape index (κ1) is 11.2. The molecule has 0 fully saturated rings. The Labute approximate surface area is 78.5 Å². The smallest absolute Gasteiger partial charge is 0.0113 e. The molecule has 0 spiro atoms. The largest absolute Gasteiger partial charge is 0.157 e. The van der Waals surface area contributed by atoms with E-state index in [0.717, 1.165) is 16.8 Å². The second kappa shape index (κ2) is 8.28. The molecule has 0 heterocycles. The van der Waals surface area contributed by atoms with E-state index >= 15 is 0 Å². The van der Waals surface area contributed by atoms with Gasteiger partial charge in [-0.15, -0.1) is 13.2 Å². The van der Waals surface area contributed by atoms with Crippen LogP contribution in [-0.4, -0.2) is 22.5 Å². The summed E-state index contributed by atoms with van der Waals surface area (Å²) in [6.07, 6.45) is 3.91.